The third-order valence-electron chi connectivity index (χ3n) is 4.37. The first-order chi connectivity index (χ1) is 12.5. The van der Waals surface area contributed by atoms with Crippen LogP contribution < -0.4 is 10.2 Å². The fourth-order valence-electron chi connectivity index (χ4n) is 3.02. The molecule has 2 N–H and O–H groups in total. The van der Waals surface area contributed by atoms with Gasteiger partial charge in [-0.25, -0.2) is 4.79 Å². The number of carbonyl (C=O) groups is 3. The number of benzene rings is 2. The molecule has 26 heavy (non-hydrogen) atoms. The van der Waals surface area contributed by atoms with E-state index in [1.54, 1.807) is 35.2 Å². The third kappa shape index (κ3) is 4.08. The van der Waals surface area contributed by atoms with Crippen LogP contribution in [0.2, 0.25) is 0 Å². The van der Waals surface area contributed by atoms with Crippen LogP contribution in [0.5, 0.6) is 0 Å². The first-order valence-corrected chi connectivity index (χ1v) is 8.55. The first kappa shape index (κ1) is 17.7. The highest BCUT2D eigenvalue weighted by atomic mass is 16.4. The van der Waals surface area contributed by atoms with Crippen LogP contribution >= 0.6 is 0 Å². The maximum Gasteiger partial charge on any atom is 0.335 e. The summed E-state index contributed by atoms with van der Waals surface area (Å²) in [6.45, 7) is 1.08. The minimum absolute atomic E-state index is 0.0841. The summed E-state index contributed by atoms with van der Waals surface area (Å²) in [7, 11) is 0. The van der Waals surface area contributed by atoms with E-state index in [0.717, 1.165) is 17.7 Å². The number of anilines is 1. The van der Waals surface area contributed by atoms with Crippen LogP contribution in [-0.2, 0) is 11.2 Å². The normalized spacial score (nSPS) is 13.7. The van der Waals surface area contributed by atoms with Gasteiger partial charge in [-0.1, -0.05) is 18.2 Å². The lowest BCUT2D eigenvalue weighted by atomic mass is 10.1. The number of aromatic carboxylic acids is 1. The number of amides is 2. The molecule has 0 spiro atoms. The molecule has 6 heteroatoms. The summed E-state index contributed by atoms with van der Waals surface area (Å²) in [5.41, 5.74) is 2.33. The fraction of sp³-hybridized carbons (Fsp3) is 0.250. The second-order valence-corrected chi connectivity index (χ2v) is 6.21. The Labute approximate surface area is 151 Å². The Morgan fingerprint density at radius 1 is 1.08 bits per heavy atom. The molecule has 0 unspecified atom stereocenters. The van der Waals surface area contributed by atoms with Crippen LogP contribution in [0, 0.1) is 0 Å². The Bertz CT molecular complexity index is 847. The molecule has 1 aliphatic rings. The van der Waals surface area contributed by atoms with E-state index in [0.29, 0.717) is 31.5 Å². The van der Waals surface area contributed by atoms with Crippen LogP contribution in [0.15, 0.2) is 48.5 Å². The molecule has 0 radical (unpaired) electrons. The van der Waals surface area contributed by atoms with Gasteiger partial charge in [-0.15, -0.1) is 0 Å². The first-order valence-electron chi connectivity index (χ1n) is 8.55. The van der Waals surface area contributed by atoms with Crippen LogP contribution in [0.3, 0.4) is 0 Å². The standard InChI is InChI=1S/C20H20N2O4/c23-18-8-3-11-22(18)17-7-2-5-15(13-17)19(24)21-10-9-14-4-1-6-16(12-14)20(25)26/h1-2,4-7,12-13H,3,8-11H2,(H,21,24)(H,25,26). The van der Waals surface area contributed by atoms with E-state index in [-0.39, 0.29) is 17.4 Å². The Hall–Kier alpha value is -3.15. The molecular weight excluding hydrogens is 332 g/mol. The van der Waals surface area contributed by atoms with Crippen molar-refractivity contribution in [2.24, 2.45) is 0 Å². The van der Waals surface area contributed by atoms with Gasteiger partial charge < -0.3 is 15.3 Å². The van der Waals surface area contributed by atoms with Gasteiger partial charge in [0.1, 0.15) is 0 Å². The minimum atomic E-state index is -0.968. The van der Waals surface area contributed by atoms with Crippen molar-refractivity contribution in [2.45, 2.75) is 19.3 Å². The zero-order valence-corrected chi connectivity index (χ0v) is 14.3. The topological polar surface area (TPSA) is 86.7 Å². The second kappa shape index (κ2) is 7.82. The zero-order chi connectivity index (χ0) is 18.5. The second-order valence-electron chi connectivity index (χ2n) is 6.21. The number of carboxylic acids is 1. The van der Waals surface area contributed by atoms with Crippen molar-refractivity contribution in [1.29, 1.82) is 0 Å². The van der Waals surface area contributed by atoms with Gasteiger partial charge in [0.2, 0.25) is 5.91 Å². The van der Waals surface area contributed by atoms with E-state index < -0.39 is 5.97 Å². The molecule has 0 atom stereocenters. The van der Waals surface area contributed by atoms with Crippen LogP contribution in [0.1, 0.15) is 39.1 Å². The average molecular weight is 352 g/mol. The summed E-state index contributed by atoms with van der Waals surface area (Å²) in [5, 5.41) is 11.8. The van der Waals surface area contributed by atoms with Crippen molar-refractivity contribution in [3.63, 3.8) is 0 Å². The Balaban J connectivity index is 1.59. The van der Waals surface area contributed by atoms with Crippen molar-refractivity contribution in [3.05, 3.63) is 65.2 Å². The maximum absolute atomic E-state index is 12.4. The highest BCUT2D eigenvalue weighted by Crippen LogP contribution is 2.22. The molecule has 3 rings (SSSR count). The molecule has 6 nitrogen and oxygen atoms in total. The molecule has 1 aliphatic heterocycles. The van der Waals surface area contributed by atoms with E-state index in [9.17, 15) is 14.4 Å². The molecule has 1 heterocycles. The summed E-state index contributed by atoms with van der Waals surface area (Å²) in [6, 6.07) is 13.7. The van der Waals surface area contributed by atoms with Gasteiger partial charge in [-0.05, 0) is 48.7 Å². The third-order valence-corrected chi connectivity index (χ3v) is 4.37. The Kier molecular flexibility index (Phi) is 5.31. The number of rotatable bonds is 6. The summed E-state index contributed by atoms with van der Waals surface area (Å²) in [6.07, 6.45) is 1.92. The predicted molar refractivity (Wildman–Crippen MR) is 97.5 cm³/mol. The monoisotopic (exact) mass is 352 g/mol. The van der Waals surface area contributed by atoms with Crippen molar-refractivity contribution in [2.75, 3.05) is 18.0 Å². The summed E-state index contributed by atoms with van der Waals surface area (Å²) in [5.74, 6) is -1.10. The van der Waals surface area contributed by atoms with Gasteiger partial charge in [-0.3, -0.25) is 9.59 Å². The Morgan fingerprint density at radius 2 is 1.85 bits per heavy atom. The quantitative estimate of drug-likeness (QED) is 0.836. The van der Waals surface area contributed by atoms with E-state index >= 15 is 0 Å². The molecular formula is C20H20N2O4. The summed E-state index contributed by atoms with van der Waals surface area (Å²) >= 11 is 0. The average Bonchev–Trinajstić information content (AvgIpc) is 3.08. The lowest BCUT2D eigenvalue weighted by molar-refractivity contribution is -0.117. The van der Waals surface area contributed by atoms with Crippen molar-refractivity contribution >= 4 is 23.5 Å². The van der Waals surface area contributed by atoms with Crippen LogP contribution in [0.4, 0.5) is 5.69 Å². The highest BCUT2D eigenvalue weighted by molar-refractivity contribution is 5.99. The summed E-state index contributed by atoms with van der Waals surface area (Å²) < 4.78 is 0. The summed E-state index contributed by atoms with van der Waals surface area (Å²) in [4.78, 5) is 36.9. The van der Waals surface area contributed by atoms with Gasteiger partial charge in [-0.2, -0.15) is 0 Å². The van der Waals surface area contributed by atoms with Gasteiger partial charge in [0, 0.05) is 30.8 Å². The lowest BCUT2D eigenvalue weighted by Gasteiger charge is -2.16. The molecule has 1 saturated heterocycles. The number of carboxylic acid groups (broad SMARTS) is 1. The molecule has 1 fully saturated rings. The molecule has 0 bridgehead atoms. The number of nitrogens with zero attached hydrogens (tertiary/aromatic N) is 1. The predicted octanol–water partition coefficient (Wildman–Crippen LogP) is 2.48. The SMILES string of the molecule is O=C(O)c1cccc(CCNC(=O)c2cccc(N3CCCC3=O)c2)c1. The molecule has 134 valence electrons. The molecule has 2 aromatic rings. The van der Waals surface area contributed by atoms with Gasteiger partial charge >= 0.3 is 5.97 Å². The number of carbonyl (C=O) groups excluding carboxylic acids is 2. The molecule has 2 amide bonds. The molecule has 0 saturated carbocycles. The number of hydrogen-bond acceptors (Lipinski definition) is 3. The van der Waals surface area contributed by atoms with Gasteiger partial charge in [0.15, 0.2) is 0 Å². The van der Waals surface area contributed by atoms with Crippen LogP contribution in [0.25, 0.3) is 0 Å². The fourth-order valence-corrected chi connectivity index (χ4v) is 3.02. The zero-order valence-electron chi connectivity index (χ0n) is 14.3. The van der Waals surface area contributed by atoms with E-state index in [4.69, 9.17) is 5.11 Å². The van der Waals surface area contributed by atoms with Gasteiger partial charge in [0.25, 0.3) is 5.91 Å². The van der Waals surface area contributed by atoms with Crippen molar-refractivity contribution in [1.82, 2.24) is 5.32 Å². The van der Waals surface area contributed by atoms with Crippen molar-refractivity contribution < 1.29 is 19.5 Å². The maximum atomic E-state index is 12.4. The van der Waals surface area contributed by atoms with E-state index in [1.807, 2.05) is 12.1 Å². The number of nitrogens with one attached hydrogen (secondary N) is 1. The number of hydrogen-bond donors (Lipinski definition) is 2. The highest BCUT2D eigenvalue weighted by Gasteiger charge is 2.22. The van der Waals surface area contributed by atoms with E-state index in [2.05, 4.69) is 5.32 Å². The molecule has 2 aromatic carbocycles. The smallest absolute Gasteiger partial charge is 0.335 e. The molecule has 0 aromatic heterocycles. The van der Waals surface area contributed by atoms with Crippen LogP contribution in [-0.4, -0.2) is 36.0 Å². The minimum Gasteiger partial charge on any atom is -0.478 e. The van der Waals surface area contributed by atoms with E-state index in [1.165, 1.54) is 6.07 Å². The van der Waals surface area contributed by atoms with Gasteiger partial charge in [0.05, 0.1) is 5.56 Å². The largest absolute Gasteiger partial charge is 0.478 e. The molecule has 0 aliphatic carbocycles. The Morgan fingerprint density at radius 3 is 2.58 bits per heavy atom. The lowest BCUT2D eigenvalue weighted by Crippen LogP contribution is -2.27. The van der Waals surface area contributed by atoms with Crippen molar-refractivity contribution in [3.8, 4) is 0 Å².